The van der Waals surface area contributed by atoms with E-state index in [1.54, 1.807) is 6.20 Å². The van der Waals surface area contributed by atoms with Gasteiger partial charge in [-0.05, 0) is 11.5 Å². The van der Waals surface area contributed by atoms with Crippen LogP contribution in [-0.4, -0.2) is 21.5 Å². The second-order valence-electron chi connectivity index (χ2n) is 5.30. The molecule has 18 heavy (non-hydrogen) atoms. The second kappa shape index (κ2) is 4.57. The Bertz CT molecular complexity index is 607. The average Bonchev–Trinajstić information content (AvgIpc) is 2.34. The van der Waals surface area contributed by atoms with Gasteiger partial charge in [0.2, 0.25) is 0 Å². The maximum atomic E-state index is 8.99. The zero-order chi connectivity index (χ0) is 13.2. The predicted octanol–water partition coefficient (Wildman–Crippen LogP) is 2.35. The summed E-state index contributed by atoms with van der Waals surface area (Å²) in [5.74, 6) is 0.744. The predicted molar refractivity (Wildman–Crippen MR) is 70.0 cm³/mol. The molecule has 2 aromatic heterocycles. The van der Waals surface area contributed by atoms with Crippen LogP contribution in [0.2, 0.25) is 0 Å². The van der Waals surface area contributed by atoms with E-state index in [0.717, 1.165) is 17.7 Å². The maximum Gasteiger partial charge on any atom is 0.166 e. The van der Waals surface area contributed by atoms with Gasteiger partial charge in [0, 0.05) is 18.1 Å². The number of anilines is 1. The third-order valence-corrected chi connectivity index (χ3v) is 2.45. The summed E-state index contributed by atoms with van der Waals surface area (Å²) in [6, 6.07) is 3.86. The molecule has 0 atom stereocenters. The van der Waals surface area contributed by atoms with Crippen LogP contribution < -0.4 is 5.32 Å². The van der Waals surface area contributed by atoms with Crippen LogP contribution in [0.3, 0.4) is 0 Å². The average molecular weight is 241 g/mol. The molecule has 0 aliphatic heterocycles. The zero-order valence-electron chi connectivity index (χ0n) is 10.7. The Hall–Kier alpha value is -2.22. The first kappa shape index (κ1) is 12.2. The van der Waals surface area contributed by atoms with E-state index in [-0.39, 0.29) is 5.41 Å². The molecule has 0 unspecified atom stereocenters. The number of aromatic nitrogens is 3. The van der Waals surface area contributed by atoms with E-state index in [0.29, 0.717) is 11.2 Å². The lowest BCUT2D eigenvalue weighted by Gasteiger charge is -2.19. The van der Waals surface area contributed by atoms with E-state index < -0.39 is 0 Å². The van der Waals surface area contributed by atoms with Gasteiger partial charge in [-0.2, -0.15) is 5.26 Å². The van der Waals surface area contributed by atoms with E-state index in [1.807, 2.05) is 12.1 Å². The summed E-state index contributed by atoms with van der Waals surface area (Å²) >= 11 is 0. The highest BCUT2D eigenvalue weighted by Gasteiger charge is 2.12. The quantitative estimate of drug-likeness (QED) is 0.873. The van der Waals surface area contributed by atoms with Gasteiger partial charge in [-0.1, -0.05) is 20.8 Å². The Kier molecular flexibility index (Phi) is 3.11. The molecule has 1 N–H and O–H groups in total. The van der Waals surface area contributed by atoms with Crippen molar-refractivity contribution in [2.75, 3.05) is 11.9 Å². The van der Waals surface area contributed by atoms with Crippen molar-refractivity contribution in [1.82, 2.24) is 15.0 Å². The summed E-state index contributed by atoms with van der Waals surface area (Å²) in [5, 5.41) is 13.1. The Morgan fingerprint density at radius 3 is 2.72 bits per heavy atom. The number of fused-ring (bicyclic) bond motifs is 1. The molecule has 0 aliphatic carbocycles. The molecular weight excluding hydrogens is 226 g/mol. The van der Waals surface area contributed by atoms with Crippen molar-refractivity contribution in [2.45, 2.75) is 20.8 Å². The minimum Gasteiger partial charge on any atom is -0.369 e. The van der Waals surface area contributed by atoms with Gasteiger partial charge in [0.1, 0.15) is 23.7 Å². The summed E-state index contributed by atoms with van der Waals surface area (Å²) in [4.78, 5) is 12.3. The fraction of sp³-hybridized carbons (Fsp3) is 0.385. The lowest BCUT2D eigenvalue weighted by Crippen LogP contribution is -2.19. The standard InChI is InChI=1S/C13H15N5/c1-13(2,3)7-16-12-9-4-5-15-10(6-14)11(9)17-8-18-12/h4-5,8H,7H2,1-3H3,(H,16,17,18). The Balaban J connectivity index is 2.44. The van der Waals surface area contributed by atoms with Gasteiger partial charge in [0.25, 0.3) is 0 Å². The molecule has 92 valence electrons. The maximum absolute atomic E-state index is 8.99. The van der Waals surface area contributed by atoms with E-state index in [4.69, 9.17) is 5.26 Å². The van der Waals surface area contributed by atoms with Crippen molar-refractivity contribution in [2.24, 2.45) is 5.41 Å². The Morgan fingerprint density at radius 1 is 1.28 bits per heavy atom. The Labute approximate surface area is 106 Å². The molecule has 0 bridgehead atoms. The van der Waals surface area contributed by atoms with Crippen molar-refractivity contribution in [3.8, 4) is 6.07 Å². The topological polar surface area (TPSA) is 74.5 Å². The van der Waals surface area contributed by atoms with E-state index in [2.05, 4.69) is 41.0 Å². The molecule has 0 aliphatic rings. The lowest BCUT2D eigenvalue weighted by atomic mass is 9.97. The number of rotatable bonds is 2. The van der Waals surface area contributed by atoms with Crippen LogP contribution in [0.25, 0.3) is 10.9 Å². The number of hydrogen-bond acceptors (Lipinski definition) is 5. The minimum absolute atomic E-state index is 0.155. The first-order chi connectivity index (χ1) is 8.51. The van der Waals surface area contributed by atoms with Crippen LogP contribution in [0.5, 0.6) is 0 Å². The molecule has 0 saturated carbocycles. The van der Waals surface area contributed by atoms with Gasteiger partial charge in [-0.15, -0.1) is 0 Å². The third kappa shape index (κ3) is 2.54. The number of nitrogens with one attached hydrogen (secondary N) is 1. The molecule has 2 aromatic rings. The molecule has 0 fully saturated rings. The van der Waals surface area contributed by atoms with Crippen LogP contribution in [0, 0.1) is 16.7 Å². The van der Waals surface area contributed by atoms with Gasteiger partial charge >= 0.3 is 0 Å². The first-order valence-electron chi connectivity index (χ1n) is 5.75. The first-order valence-corrected chi connectivity index (χ1v) is 5.75. The van der Waals surface area contributed by atoms with Gasteiger partial charge in [-0.3, -0.25) is 0 Å². The van der Waals surface area contributed by atoms with Crippen LogP contribution >= 0.6 is 0 Å². The van der Waals surface area contributed by atoms with Gasteiger partial charge in [0.15, 0.2) is 5.69 Å². The summed E-state index contributed by atoms with van der Waals surface area (Å²) < 4.78 is 0. The van der Waals surface area contributed by atoms with Crippen molar-refractivity contribution < 1.29 is 0 Å². The number of hydrogen-bond donors (Lipinski definition) is 1. The van der Waals surface area contributed by atoms with Crippen molar-refractivity contribution in [1.29, 1.82) is 5.26 Å². The molecule has 0 spiro atoms. The van der Waals surface area contributed by atoms with Gasteiger partial charge in [-0.25, -0.2) is 15.0 Å². The summed E-state index contributed by atoms with van der Waals surface area (Å²) in [7, 11) is 0. The monoisotopic (exact) mass is 241 g/mol. The number of nitrogens with zero attached hydrogens (tertiary/aromatic N) is 4. The fourth-order valence-electron chi connectivity index (χ4n) is 1.56. The molecule has 0 radical (unpaired) electrons. The largest absolute Gasteiger partial charge is 0.369 e. The zero-order valence-corrected chi connectivity index (χ0v) is 10.7. The second-order valence-corrected chi connectivity index (χ2v) is 5.30. The van der Waals surface area contributed by atoms with Crippen LogP contribution in [0.4, 0.5) is 5.82 Å². The highest BCUT2D eigenvalue weighted by molar-refractivity contribution is 5.91. The smallest absolute Gasteiger partial charge is 0.166 e. The van der Waals surface area contributed by atoms with Gasteiger partial charge in [0.05, 0.1) is 0 Å². The third-order valence-electron chi connectivity index (χ3n) is 2.45. The van der Waals surface area contributed by atoms with E-state index >= 15 is 0 Å². The van der Waals surface area contributed by atoms with Gasteiger partial charge < -0.3 is 5.32 Å². The molecular formula is C13H15N5. The van der Waals surface area contributed by atoms with Crippen LogP contribution in [0.1, 0.15) is 26.5 Å². The molecule has 0 aromatic carbocycles. The fourth-order valence-corrected chi connectivity index (χ4v) is 1.56. The molecule has 0 amide bonds. The summed E-state index contributed by atoms with van der Waals surface area (Å²) in [5.41, 5.74) is 1.07. The molecule has 0 saturated heterocycles. The minimum atomic E-state index is 0.155. The molecule has 5 nitrogen and oxygen atoms in total. The molecule has 2 heterocycles. The summed E-state index contributed by atoms with van der Waals surface area (Å²) in [6.07, 6.45) is 3.06. The SMILES string of the molecule is CC(C)(C)CNc1ncnc2c(C#N)nccc12. The van der Waals surface area contributed by atoms with Crippen molar-refractivity contribution in [3.05, 3.63) is 24.3 Å². The van der Waals surface area contributed by atoms with E-state index in [1.165, 1.54) is 6.33 Å². The van der Waals surface area contributed by atoms with Crippen molar-refractivity contribution in [3.63, 3.8) is 0 Å². The summed E-state index contributed by atoms with van der Waals surface area (Å²) in [6.45, 7) is 7.23. The highest BCUT2D eigenvalue weighted by atomic mass is 15.0. The highest BCUT2D eigenvalue weighted by Crippen LogP contribution is 2.22. The van der Waals surface area contributed by atoms with Crippen LogP contribution in [0.15, 0.2) is 18.6 Å². The van der Waals surface area contributed by atoms with Crippen LogP contribution in [-0.2, 0) is 0 Å². The molecule has 5 heteroatoms. The number of nitriles is 1. The lowest BCUT2D eigenvalue weighted by molar-refractivity contribution is 0.442. The number of pyridine rings is 1. The Morgan fingerprint density at radius 2 is 2.06 bits per heavy atom. The molecule has 2 rings (SSSR count). The van der Waals surface area contributed by atoms with E-state index in [9.17, 15) is 0 Å². The van der Waals surface area contributed by atoms with Crippen molar-refractivity contribution >= 4 is 16.7 Å². The normalized spacial score (nSPS) is 11.2.